The molecule has 0 heterocycles. The lowest BCUT2D eigenvalue weighted by molar-refractivity contribution is 0.104. The molecule has 6 heteroatoms. The summed E-state index contributed by atoms with van der Waals surface area (Å²) in [5, 5.41) is 0. The highest BCUT2D eigenvalue weighted by molar-refractivity contribution is 6.09. The van der Waals surface area contributed by atoms with E-state index in [4.69, 9.17) is 18.9 Å². The number of likely N-dealkylation sites (N-methyl/N-ethyl adjacent to an activating group) is 1. The van der Waals surface area contributed by atoms with Gasteiger partial charge in [0.05, 0.1) is 26.9 Å². The molecule has 0 fully saturated rings. The molecule has 2 aromatic rings. The maximum Gasteiger partial charge on any atom is 0.204 e. The smallest absolute Gasteiger partial charge is 0.204 e. The molecule has 0 bridgehead atoms. The van der Waals surface area contributed by atoms with Gasteiger partial charge in [-0.1, -0.05) is 18.2 Å². The lowest BCUT2D eigenvalue weighted by Crippen LogP contribution is -2.19. The molecule has 0 aliphatic heterocycles. The second-order valence-electron chi connectivity index (χ2n) is 6.30. The lowest BCUT2D eigenvalue weighted by Gasteiger charge is -2.14. The van der Waals surface area contributed by atoms with E-state index in [2.05, 4.69) is 4.90 Å². The molecule has 0 radical (unpaired) electrons. The minimum absolute atomic E-state index is 0.191. The first-order valence-corrected chi connectivity index (χ1v) is 8.89. The monoisotopic (exact) mass is 385 g/mol. The predicted molar refractivity (Wildman–Crippen MR) is 110 cm³/mol. The van der Waals surface area contributed by atoms with Gasteiger partial charge in [-0.05, 0) is 50.0 Å². The molecule has 0 amide bonds. The van der Waals surface area contributed by atoms with Crippen molar-refractivity contribution in [2.45, 2.75) is 0 Å². The van der Waals surface area contributed by atoms with E-state index in [1.54, 1.807) is 18.2 Å². The van der Waals surface area contributed by atoms with Gasteiger partial charge in [-0.25, -0.2) is 0 Å². The summed E-state index contributed by atoms with van der Waals surface area (Å²) < 4.78 is 21.6. The van der Waals surface area contributed by atoms with E-state index in [9.17, 15) is 4.79 Å². The lowest BCUT2D eigenvalue weighted by atomic mass is 10.1. The highest BCUT2D eigenvalue weighted by Crippen LogP contribution is 2.40. The number of methoxy groups -OCH3 is 3. The van der Waals surface area contributed by atoms with E-state index in [0.717, 1.165) is 17.9 Å². The number of ketones is 1. The molecule has 0 aromatic heterocycles. The first-order chi connectivity index (χ1) is 13.5. The average molecular weight is 385 g/mol. The van der Waals surface area contributed by atoms with Crippen molar-refractivity contribution < 1.29 is 23.7 Å². The third-order valence-corrected chi connectivity index (χ3v) is 4.08. The molecule has 28 heavy (non-hydrogen) atoms. The van der Waals surface area contributed by atoms with Crippen LogP contribution in [0, 0.1) is 0 Å². The zero-order valence-electron chi connectivity index (χ0n) is 17.0. The van der Waals surface area contributed by atoms with Crippen LogP contribution >= 0.6 is 0 Å². The number of carbonyl (C=O) groups is 1. The number of ether oxygens (including phenoxy) is 4. The van der Waals surface area contributed by atoms with Crippen molar-refractivity contribution in [3.63, 3.8) is 0 Å². The number of allylic oxidation sites excluding steroid dienone is 1. The Morgan fingerprint density at radius 3 is 2.18 bits per heavy atom. The van der Waals surface area contributed by atoms with Crippen LogP contribution in [0.2, 0.25) is 0 Å². The molecular weight excluding hydrogens is 358 g/mol. The zero-order chi connectivity index (χ0) is 20.5. The number of hydrogen-bond donors (Lipinski definition) is 0. The number of hydrogen-bond acceptors (Lipinski definition) is 6. The normalized spacial score (nSPS) is 10.9. The van der Waals surface area contributed by atoms with E-state index in [1.165, 1.54) is 27.4 Å². The topological polar surface area (TPSA) is 57.2 Å². The molecule has 0 saturated carbocycles. The second kappa shape index (κ2) is 10.4. The molecular formula is C22H27NO5. The van der Waals surface area contributed by atoms with Crippen LogP contribution in [-0.2, 0) is 0 Å². The molecule has 6 nitrogen and oxygen atoms in total. The van der Waals surface area contributed by atoms with Crippen molar-refractivity contribution in [3.8, 4) is 23.0 Å². The highest BCUT2D eigenvalue weighted by atomic mass is 16.5. The molecule has 0 saturated heterocycles. The Hall–Kier alpha value is -2.99. The van der Waals surface area contributed by atoms with Crippen LogP contribution in [0.3, 0.4) is 0 Å². The maximum atomic E-state index is 12.6. The largest absolute Gasteiger partial charge is 0.493 e. The molecule has 0 unspecified atom stereocenters. The zero-order valence-corrected chi connectivity index (χ0v) is 17.0. The Labute approximate surface area is 166 Å². The Bertz CT molecular complexity index is 812. The summed E-state index contributed by atoms with van der Waals surface area (Å²) in [5.41, 5.74) is 1.30. The van der Waals surface area contributed by atoms with E-state index in [0.29, 0.717) is 29.4 Å². The Balaban J connectivity index is 2.11. The molecule has 0 atom stereocenters. The van der Waals surface area contributed by atoms with Gasteiger partial charge in [0.1, 0.15) is 12.4 Å². The summed E-state index contributed by atoms with van der Waals surface area (Å²) in [6.45, 7) is 1.48. The van der Waals surface area contributed by atoms with Crippen molar-refractivity contribution in [2.75, 3.05) is 48.6 Å². The summed E-state index contributed by atoms with van der Waals surface area (Å²) in [4.78, 5) is 14.7. The number of benzene rings is 2. The van der Waals surface area contributed by atoms with Gasteiger partial charge in [0.2, 0.25) is 5.75 Å². The third-order valence-electron chi connectivity index (χ3n) is 4.08. The van der Waals surface area contributed by atoms with Crippen molar-refractivity contribution in [1.82, 2.24) is 4.90 Å². The molecule has 0 N–H and O–H groups in total. The van der Waals surface area contributed by atoms with Crippen molar-refractivity contribution in [3.05, 3.63) is 53.6 Å². The van der Waals surface area contributed by atoms with Crippen LogP contribution in [0.1, 0.15) is 15.9 Å². The average Bonchev–Trinajstić information content (AvgIpc) is 2.71. The summed E-state index contributed by atoms with van der Waals surface area (Å²) in [5.74, 6) is 1.85. The van der Waals surface area contributed by atoms with Crippen LogP contribution < -0.4 is 18.9 Å². The fourth-order valence-electron chi connectivity index (χ4n) is 2.58. The molecule has 2 rings (SSSR count). The fourth-order valence-corrected chi connectivity index (χ4v) is 2.58. The Morgan fingerprint density at radius 1 is 0.929 bits per heavy atom. The van der Waals surface area contributed by atoms with Gasteiger partial charge in [-0.15, -0.1) is 0 Å². The van der Waals surface area contributed by atoms with Crippen molar-refractivity contribution in [2.24, 2.45) is 0 Å². The summed E-state index contributed by atoms with van der Waals surface area (Å²) in [6, 6.07) is 10.9. The van der Waals surface area contributed by atoms with Crippen molar-refractivity contribution >= 4 is 11.9 Å². The van der Waals surface area contributed by atoms with Gasteiger partial charge in [0, 0.05) is 6.54 Å². The summed E-state index contributed by atoms with van der Waals surface area (Å²) in [7, 11) is 8.54. The standard InChI is InChI=1S/C22H27NO5/c1-23(2)14-15-28-17-9-6-16(7-10-17)8-12-19(24)18-11-13-20(25-3)22(27-5)21(18)26-4/h6-13H,14-15H2,1-5H3. The van der Waals surface area contributed by atoms with E-state index >= 15 is 0 Å². The van der Waals surface area contributed by atoms with Gasteiger partial charge < -0.3 is 23.8 Å². The first kappa shape index (κ1) is 21.3. The van der Waals surface area contributed by atoms with Crippen LogP contribution in [-0.4, -0.2) is 59.3 Å². The van der Waals surface area contributed by atoms with Crippen LogP contribution in [0.25, 0.3) is 6.08 Å². The summed E-state index contributed by atoms with van der Waals surface area (Å²) >= 11 is 0. The van der Waals surface area contributed by atoms with Gasteiger partial charge >= 0.3 is 0 Å². The Morgan fingerprint density at radius 2 is 1.61 bits per heavy atom. The molecule has 0 aliphatic rings. The van der Waals surface area contributed by atoms with E-state index < -0.39 is 0 Å². The molecule has 0 spiro atoms. The van der Waals surface area contributed by atoms with E-state index in [1.807, 2.05) is 38.4 Å². The number of nitrogens with zero attached hydrogens (tertiary/aromatic N) is 1. The quantitative estimate of drug-likeness (QED) is 0.461. The molecule has 150 valence electrons. The predicted octanol–water partition coefficient (Wildman–Crippen LogP) is 3.55. The van der Waals surface area contributed by atoms with Gasteiger partial charge in [-0.2, -0.15) is 0 Å². The van der Waals surface area contributed by atoms with Crippen molar-refractivity contribution in [1.29, 1.82) is 0 Å². The number of carbonyl (C=O) groups excluding carboxylic acids is 1. The summed E-state index contributed by atoms with van der Waals surface area (Å²) in [6.07, 6.45) is 3.26. The van der Waals surface area contributed by atoms with E-state index in [-0.39, 0.29) is 5.78 Å². The third kappa shape index (κ3) is 5.50. The van der Waals surface area contributed by atoms with Gasteiger partial charge in [0.15, 0.2) is 17.3 Å². The second-order valence-corrected chi connectivity index (χ2v) is 6.30. The van der Waals surface area contributed by atoms with Gasteiger partial charge in [-0.3, -0.25) is 4.79 Å². The molecule has 0 aliphatic carbocycles. The molecule has 2 aromatic carbocycles. The van der Waals surface area contributed by atoms with Crippen LogP contribution in [0.4, 0.5) is 0 Å². The minimum atomic E-state index is -0.191. The fraction of sp³-hybridized carbons (Fsp3) is 0.318. The minimum Gasteiger partial charge on any atom is -0.493 e. The maximum absolute atomic E-state index is 12.6. The Kier molecular flexibility index (Phi) is 7.89. The highest BCUT2D eigenvalue weighted by Gasteiger charge is 2.19. The SMILES string of the molecule is COc1ccc(C(=O)C=Cc2ccc(OCCN(C)C)cc2)c(OC)c1OC. The van der Waals surface area contributed by atoms with Crippen LogP contribution in [0.15, 0.2) is 42.5 Å². The first-order valence-electron chi connectivity index (χ1n) is 8.89. The van der Waals surface area contributed by atoms with Gasteiger partial charge in [0.25, 0.3) is 0 Å². The number of rotatable bonds is 10. The van der Waals surface area contributed by atoms with Crippen LogP contribution in [0.5, 0.6) is 23.0 Å².